The van der Waals surface area contributed by atoms with Crippen LogP contribution in [0.2, 0.25) is 0 Å². The lowest BCUT2D eigenvalue weighted by Crippen LogP contribution is -2.05. The van der Waals surface area contributed by atoms with E-state index in [2.05, 4.69) is 115 Å². The van der Waals surface area contributed by atoms with E-state index < -0.39 is 0 Å². The maximum absolute atomic E-state index is 11.2. The van der Waals surface area contributed by atoms with Crippen LogP contribution in [0.4, 0.5) is 17.1 Å². The third-order valence-corrected chi connectivity index (χ3v) is 13.9. The molecule has 0 N–H and O–H groups in total. The highest BCUT2D eigenvalue weighted by Crippen LogP contribution is 2.46. The molecule has 0 saturated heterocycles. The van der Waals surface area contributed by atoms with Crippen molar-refractivity contribution >= 4 is 60.7 Å². The zero-order valence-corrected chi connectivity index (χ0v) is 39.2. The van der Waals surface area contributed by atoms with Crippen LogP contribution in [-0.4, -0.2) is 9.13 Å². The largest absolute Gasteiger partial charge is 0.308 e. The number of hydrogen-bond acceptors (Lipinski definition) is 3. The molecule has 2 aromatic heterocycles. The highest BCUT2D eigenvalue weighted by molar-refractivity contribution is 6.14. The second kappa shape index (κ2) is 17.9. The number of rotatable bonds is 7. The van der Waals surface area contributed by atoms with Crippen LogP contribution in [0, 0.1) is 53.7 Å². The molecule has 0 unspecified atom stereocenters. The summed E-state index contributed by atoms with van der Waals surface area (Å²) in [6.07, 6.45) is 0. The molecular weight excluding hydrogens is 905 g/mol. The van der Waals surface area contributed by atoms with Crippen LogP contribution in [0.3, 0.4) is 0 Å². The summed E-state index contributed by atoms with van der Waals surface area (Å²) in [5.74, 6) is 0. The quantitative estimate of drug-likeness (QED) is 0.149. The second-order valence-electron chi connectivity index (χ2n) is 18.0. The minimum Gasteiger partial charge on any atom is -0.308 e. The van der Waals surface area contributed by atoms with Gasteiger partial charge in [-0.3, -0.25) is 0 Å². The van der Waals surface area contributed by atoms with Crippen molar-refractivity contribution in [3.05, 3.63) is 257 Å². The van der Waals surface area contributed by atoms with E-state index in [0.717, 1.165) is 99.2 Å². The Kier molecular flexibility index (Phi) is 10.7. The molecule has 0 spiro atoms. The van der Waals surface area contributed by atoms with E-state index in [-0.39, 0.29) is 0 Å². The fourth-order valence-electron chi connectivity index (χ4n) is 10.3. The molecule has 0 fully saturated rings. The van der Waals surface area contributed by atoms with Crippen LogP contribution in [0.25, 0.3) is 125 Å². The number of benzene rings is 10. The molecule has 338 valence electrons. The first-order chi connectivity index (χ1) is 36.4. The average molecular weight is 939 g/mol. The highest BCUT2D eigenvalue weighted by Gasteiger charge is 2.25. The van der Waals surface area contributed by atoms with E-state index in [9.17, 15) is 15.8 Å². The molecule has 0 amide bonds. The molecule has 8 heteroatoms. The minimum absolute atomic E-state index is 0.411. The van der Waals surface area contributed by atoms with E-state index >= 15 is 0 Å². The molecule has 2 heterocycles. The van der Waals surface area contributed by atoms with Gasteiger partial charge in [-0.2, -0.15) is 15.8 Å². The molecule has 0 radical (unpaired) electrons. The minimum atomic E-state index is 0.411. The lowest BCUT2D eigenvalue weighted by molar-refractivity contribution is 1.13. The Bertz CT molecular complexity index is 4080. The Labute approximate surface area is 426 Å². The van der Waals surface area contributed by atoms with Crippen molar-refractivity contribution in [2.75, 3.05) is 0 Å². The van der Waals surface area contributed by atoms with E-state index in [1.54, 1.807) is 6.07 Å². The first kappa shape index (κ1) is 44.0. The van der Waals surface area contributed by atoms with Gasteiger partial charge in [0.25, 0.3) is 0 Å². The van der Waals surface area contributed by atoms with Crippen molar-refractivity contribution in [3.63, 3.8) is 0 Å². The second-order valence-corrected chi connectivity index (χ2v) is 18.0. The smallest absolute Gasteiger partial charge is 0.187 e. The van der Waals surface area contributed by atoms with Crippen molar-refractivity contribution in [1.29, 1.82) is 15.8 Å². The maximum Gasteiger partial charge on any atom is 0.187 e. The number of hydrogen-bond donors (Lipinski definition) is 0. The number of fused-ring (bicyclic) bond motifs is 6. The third kappa shape index (κ3) is 7.44. The summed E-state index contributed by atoms with van der Waals surface area (Å²) >= 11 is 0. The number of aromatic nitrogens is 2. The number of nitriles is 3. The molecule has 8 nitrogen and oxygen atoms in total. The van der Waals surface area contributed by atoms with E-state index in [0.29, 0.717) is 45.1 Å². The molecule has 0 saturated carbocycles. The SMILES string of the molecule is [C-]#[N+]c1ccc(-c2ccc3c4ccc(-c5ccc([N+]#[C-])cc5)cc4n(-c4cc(C#N)cc(-n5c6cc(-c7ccc(C#N)cc7)ccc6c6ccc(-c7ccc(C#N)cc7)cc65)c4-c4cccc([N+]#[C-])c4)c3c2)cc1. The van der Waals surface area contributed by atoms with Gasteiger partial charge >= 0.3 is 0 Å². The van der Waals surface area contributed by atoms with Gasteiger partial charge in [-0.25, -0.2) is 14.5 Å². The lowest BCUT2D eigenvalue weighted by Gasteiger charge is -2.21. The van der Waals surface area contributed by atoms with Gasteiger partial charge in [-0.15, -0.1) is 0 Å². The highest BCUT2D eigenvalue weighted by atomic mass is 15.0. The first-order valence-electron chi connectivity index (χ1n) is 23.6. The third-order valence-electron chi connectivity index (χ3n) is 13.9. The fourth-order valence-corrected chi connectivity index (χ4v) is 10.3. The van der Waals surface area contributed by atoms with Gasteiger partial charge in [0.15, 0.2) is 17.1 Å². The lowest BCUT2D eigenvalue weighted by atomic mass is 9.97. The molecule has 0 aliphatic heterocycles. The van der Waals surface area contributed by atoms with Gasteiger partial charge in [-0.05, 0) is 117 Å². The zero-order chi connectivity index (χ0) is 50.5. The van der Waals surface area contributed by atoms with E-state index in [1.165, 1.54) is 0 Å². The van der Waals surface area contributed by atoms with Gasteiger partial charge < -0.3 is 9.13 Å². The summed E-state index contributed by atoms with van der Waals surface area (Å²) in [7, 11) is 0. The normalized spacial score (nSPS) is 10.9. The van der Waals surface area contributed by atoms with Crippen LogP contribution in [0.15, 0.2) is 206 Å². The molecule has 10 aromatic carbocycles. The summed E-state index contributed by atoms with van der Waals surface area (Å²) in [4.78, 5) is 11.2. The van der Waals surface area contributed by atoms with E-state index in [1.807, 2.05) is 127 Å². The van der Waals surface area contributed by atoms with Gasteiger partial charge in [0, 0.05) is 27.1 Å². The number of nitrogens with zero attached hydrogens (tertiary/aromatic N) is 8. The zero-order valence-electron chi connectivity index (χ0n) is 39.2. The van der Waals surface area contributed by atoms with Gasteiger partial charge in [-0.1, -0.05) is 140 Å². The first-order valence-corrected chi connectivity index (χ1v) is 23.6. The van der Waals surface area contributed by atoms with E-state index in [4.69, 9.17) is 19.7 Å². The van der Waals surface area contributed by atoms with Crippen LogP contribution in [0.1, 0.15) is 16.7 Å². The summed E-state index contributed by atoms with van der Waals surface area (Å²) in [6.45, 7) is 23.4. The molecular formula is C66H34N8. The summed E-state index contributed by atoms with van der Waals surface area (Å²) in [5.41, 5.74) is 17.0. The monoisotopic (exact) mass is 938 g/mol. The molecule has 12 aromatic rings. The Morgan fingerprint density at radius 1 is 0.297 bits per heavy atom. The van der Waals surface area contributed by atoms with Crippen LogP contribution >= 0.6 is 0 Å². The molecule has 0 bridgehead atoms. The van der Waals surface area contributed by atoms with Gasteiger partial charge in [0.2, 0.25) is 0 Å². The summed E-state index contributed by atoms with van der Waals surface area (Å²) in [6, 6.07) is 74.3. The predicted molar refractivity (Wildman–Crippen MR) is 295 cm³/mol. The molecule has 74 heavy (non-hydrogen) atoms. The predicted octanol–water partition coefficient (Wildman–Crippen LogP) is 17.5. The van der Waals surface area contributed by atoms with Crippen molar-refractivity contribution in [1.82, 2.24) is 9.13 Å². The summed E-state index contributed by atoms with van der Waals surface area (Å²) in [5, 5.41) is 34.5. The van der Waals surface area contributed by atoms with Crippen molar-refractivity contribution in [2.24, 2.45) is 0 Å². The summed E-state index contributed by atoms with van der Waals surface area (Å²) < 4.78 is 4.47. The van der Waals surface area contributed by atoms with Crippen LogP contribution in [-0.2, 0) is 0 Å². The topological polar surface area (TPSA) is 94.3 Å². The maximum atomic E-state index is 11.2. The fraction of sp³-hybridized carbons (Fsp3) is 0. The molecule has 0 atom stereocenters. The average Bonchev–Trinajstić information content (AvgIpc) is 3.98. The molecule has 0 aliphatic rings. The Morgan fingerprint density at radius 2 is 0.622 bits per heavy atom. The molecule has 12 rings (SSSR count). The van der Waals surface area contributed by atoms with Crippen LogP contribution in [0.5, 0.6) is 0 Å². The Balaban J connectivity index is 1.23. The molecule has 0 aliphatic carbocycles. The Hall–Kier alpha value is -11.3. The van der Waals surface area contributed by atoms with Crippen molar-refractivity contribution in [2.45, 2.75) is 0 Å². The standard InChI is InChI=1S/C66H34N8/c1-70-53-23-15-46(16-24-53)50-21-29-58-59-30-22-51(47-17-25-54(71-2)26-18-47)37-63(59)74(62(58)36-50)65-32-43(40-69)31-64(66(65)52-5-4-6-55(33-52)72-3)73-60-34-48(44-11-7-41(38-67)8-12-44)19-27-56(60)57-28-20-49(35-61(57)73)45-13-9-42(39-68)10-14-45/h4-37H. The van der Waals surface area contributed by atoms with Crippen molar-refractivity contribution < 1.29 is 0 Å². The Morgan fingerprint density at radius 3 is 0.946 bits per heavy atom. The van der Waals surface area contributed by atoms with Gasteiger partial charge in [0.1, 0.15) is 0 Å². The van der Waals surface area contributed by atoms with Crippen LogP contribution < -0.4 is 0 Å². The van der Waals surface area contributed by atoms with Gasteiger partial charge in [0.05, 0.1) is 88.1 Å². The van der Waals surface area contributed by atoms with Crippen molar-refractivity contribution in [3.8, 4) is 85.2 Å².